The highest BCUT2D eigenvalue weighted by Crippen LogP contribution is 2.31. The summed E-state index contributed by atoms with van der Waals surface area (Å²) in [6.45, 7) is 3.42. The normalized spacial score (nSPS) is 20.8. The molecule has 9 heteroatoms. The van der Waals surface area contributed by atoms with Crippen LogP contribution in [-0.2, 0) is 11.3 Å². The summed E-state index contributed by atoms with van der Waals surface area (Å²) < 4.78 is 14.6. The minimum Gasteiger partial charge on any atom is -0.369 e. The lowest BCUT2D eigenvalue weighted by atomic mass is 10.1. The first-order chi connectivity index (χ1) is 12.0. The molecule has 0 aliphatic carbocycles. The molecule has 4 rings (SSSR count). The van der Waals surface area contributed by atoms with E-state index in [-0.39, 0.29) is 31.0 Å². The number of carbonyl (C=O) groups excluding carboxylic acids is 3. The van der Waals surface area contributed by atoms with Crippen molar-refractivity contribution < 1.29 is 18.8 Å². The highest BCUT2D eigenvalue weighted by atomic mass is 19.1. The van der Waals surface area contributed by atoms with Crippen molar-refractivity contribution in [2.45, 2.75) is 13.0 Å². The number of hydrogen-bond acceptors (Lipinski definition) is 5. The van der Waals surface area contributed by atoms with Gasteiger partial charge in [0.1, 0.15) is 5.82 Å². The average molecular weight is 347 g/mol. The molecule has 8 nitrogen and oxygen atoms in total. The number of urea groups is 1. The number of halogens is 1. The van der Waals surface area contributed by atoms with Gasteiger partial charge in [-0.1, -0.05) is 0 Å². The fourth-order valence-corrected chi connectivity index (χ4v) is 3.46. The van der Waals surface area contributed by atoms with Crippen LogP contribution in [0.2, 0.25) is 0 Å². The summed E-state index contributed by atoms with van der Waals surface area (Å²) in [6, 6.07) is 2.54. The molecule has 0 saturated carbocycles. The van der Waals surface area contributed by atoms with E-state index in [1.165, 1.54) is 16.1 Å². The lowest BCUT2D eigenvalue weighted by Gasteiger charge is -2.33. The third-order valence-corrected chi connectivity index (χ3v) is 4.73. The summed E-state index contributed by atoms with van der Waals surface area (Å²) >= 11 is 0. The van der Waals surface area contributed by atoms with E-state index in [2.05, 4.69) is 15.5 Å². The fourth-order valence-electron chi connectivity index (χ4n) is 3.46. The van der Waals surface area contributed by atoms with Crippen LogP contribution in [0, 0.1) is 5.82 Å². The van der Waals surface area contributed by atoms with Gasteiger partial charge in [-0.2, -0.15) is 0 Å². The van der Waals surface area contributed by atoms with E-state index in [9.17, 15) is 18.8 Å². The zero-order valence-corrected chi connectivity index (χ0v) is 13.5. The van der Waals surface area contributed by atoms with Crippen molar-refractivity contribution in [3.63, 3.8) is 0 Å². The number of hydrogen-bond donors (Lipinski definition) is 2. The zero-order valence-electron chi connectivity index (χ0n) is 13.5. The number of benzene rings is 1. The van der Waals surface area contributed by atoms with Crippen LogP contribution in [0.5, 0.6) is 0 Å². The van der Waals surface area contributed by atoms with Gasteiger partial charge in [-0.15, -0.1) is 0 Å². The molecular formula is C16H18FN5O3. The fraction of sp³-hybridized carbons (Fsp3) is 0.438. The van der Waals surface area contributed by atoms with E-state index >= 15 is 0 Å². The molecule has 132 valence electrons. The second kappa shape index (κ2) is 5.99. The van der Waals surface area contributed by atoms with Gasteiger partial charge in [-0.05, 0) is 17.7 Å². The van der Waals surface area contributed by atoms with Gasteiger partial charge >= 0.3 is 6.03 Å². The van der Waals surface area contributed by atoms with E-state index in [1.54, 1.807) is 0 Å². The molecule has 0 bridgehead atoms. The molecule has 2 N–H and O–H groups in total. The third-order valence-electron chi connectivity index (χ3n) is 4.73. The Morgan fingerprint density at radius 3 is 2.48 bits per heavy atom. The number of fused-ring (bicyclic) bond motifs is 1. The highest BCUT2D eigenvalue weighted by Gasteiger charge is 2.39. The van der Waals surface area contributed by atoms with Crippen LogP contribution < -0.4 is 15.5 Å². The highest BCUT2D eigenvalue weighted by molar-refractivity contribution is 6.02. The van der Waals surface area contributed by atoms with Gasteiger partial charge in [0, 0.05) is 38.3 Å². The molecule has 0 atom stereocenters. The molecule has 1 aromatic carbocycles. The van der Waals surface area contributed by atoms with Gasteiger partial charge in [0.2, 0.25) is 5.91 Å². The zero-order chi connectivity index (χ0) is 17.6. The van der Waals surface area contributed by atoms with Crippen molar-refractivity contribution in [2.24, 2.45) is 0 Å². The standard InChI is InChI=1S/C16H18FN5O3/c17-12-8-11(20-5-2-18-3-6-20)7-10-9-22(15(24)14(10)12)21-4-1-13(23)19-16(21)25/h7-8,18H,1-6,9H2,(H,19,23,25). The molecule has 2 saturated heterocycles. The minimum absolute atomic E-state index is 0.00332. The van der Waals surface area contributed by atoms with Crippen molar-refractivity contribution >= 4 is 23.5 Å². The second-order valence-corrected chi connectivity index (χ2v) is 6.29. The average Bonchev–Trinajstić information content (AvgIpc) is 2.93. The summed E-state index contributed by atoms with van der Waals surface area (Å²) in [6.07, 6.45) is 0.111. The van der Waals surface area contributed by atoms with Gasteiger partial charge in [-0.3, -0.25) is 14.9 Å². The lowest BCUT2D eigenvalue weighted by molar-refractivity contribution is -0.123. The first kappa shape index (κ1) is 15.8. The van der Waals surface area contributed by atoms with Gasteiger partial charge in [0.05, 0.1) is 18.7 Å². The molecule has 0 unspecified atom stereocenters. The molecule has 3 aliphatic heterocycles. The van der Waals surface area contributed by atoms with Gasteiger partial charge in [-0.25, -0.2) is 19.2 Å². The Kier molecular flexibility index (Phi) is 3.79. The maximum atomic E-state index is 14.6. The number of nitrogens with one attached hydrogen (secondary N) is 2. The van der Waals surface area contributed by atoms with Crippen molar-refractivity contribution in [1.29, 1.82) is 0 Å². The molecule has 0 aromatic heterocycles. The maximum absolute atomic E-state index is 14.6. The molecule has 4 amide bonds. The number of nitrogens with zero attached hydrogens (tertiary/aromatic N) is 3. The molecule has 3 aliphatic rings. The van der Waals surface area contributed by atoms with E-state index < -0.39 is 17.8 Å². The Balaban J connectivity index is 1.61. The first-order valence-electron chi connectivity index (χ1n) is 8.26. The molecule has 25 heavy (non-hydrogen) atoms. The van der Waals surface area contributed by atoms with Crippen molar-refractivity contribution in [3.05, 3.63) is 29.1 Å². The molecule has 0 spiro atoms. The predicted molar refractivity (Wildman–Crippen MR) is 86.2 cm³/mol. The Hall–Kier alpha value is -2.68. The smallest absolute Gasteiger partial charge is 0.342 e. The summed E-state index contributed by atoms with van der Waals surface area (Å²) in [5.74, 6) is -1.51. The van der Waals surface area contributed by atoms with E-state index in [0.29, 0.717) is 5.56 Å². The Morgan fingerprint density at radius 2 is 1.76 bits per heavy atom. The Labute approximate surface area is 143 Å². The molecule has 0 radical (unpaired) electrons. The monoisotopic (exact) mass is 347 g/mol. The quantitative estimate of drug-likeness (QED) is 0.790. The Bertz CT molecular complexity index is 762. The number of piperazine rings is 1. The van der Waals surface area contributed by atoms with Gasteiger partial charge < -0.3 is 10.2 Å². The van der Waals surface area contributed by atoms with Crippen LogP contribution >= 0.6 is 0 Å². The number of anilines is 1. The van der Waals surface area contributed by atoms with E-state index in [4.69, 9.17) is 0 Å². The number of amides is 4. The number of hydrazine groups is 1. The van der Waals surface area contributed by atoms with Crippen LogP contribution in [0.4, 0.5) is 14.9 Å². The molecular weight excluding hydrogens is 329 g/mol. The van der Waals surface area contributed by atoms with Crippen LogP contribution in [0.1, 0.15) is 22.3 Å². The molecule has 1 aromatic rings. The molecule has 2 fully saturated rings. The van der Waals surface area contributed by atoms with Crippen LogP contribution in [-0.4, -0.2) is 60.6 Å². The predicted octanol–water partition coefficient (Wildman–Crippen LogP) is 0.0480. The number of rotatable bonds is 2. The van der Waals surface area contributed by atoms with Crippen molar-refractivity contribution in [2.75, 3.05) is 37.6 Å². The topological polar surface area (TPSA) is 85.0 Å². The van der Waals surface area contributed by atoms with E-state index in [1.807, 2.05) is 6.07 Å². The van der Waals surface area contributed by atoms with Gasteiger partial charge in [0.15, 0.2) is 0 Å². The van der Waals surface area contributed by atoms with Crippen molar-refractivity contribution in [1.82, 2.24) is 20.7 Å². The molecule has 3 heterocycles. The van der Waals surface area contributed by atoms with Crippen LogP contribution in [0.25, 0.3) is 0 Å². The first-order valence-corrected chi connectivity index (χ1v) is 8.26. The summed E-state index contributed by atoms with van der Waals surface area (Å²) in [5.41, 5.74) is 1.30. The van der Waals surface area contributed by atoms with Crippen molar-refractivity contribution in [3.8, 4) is 0 Å². The van der Waals surface area contributed by atoms with E-state index in [0.717, 1.165) is 31.9 Å². The largest absolute Gasteiger partial charge is 0.369 e. The summed E-state index contributed by atoms with van der Waals surface area (Å²) in [4.78, 5) is 37.9. The number of carbonyl (C=O) groups is 3. The Morgan fingerprint density at radius 1 is 1.00 bits per heavy atom. The minimum atomic E-state index is -0.653. The van der Waals surface area contributed by atoms with Crippen LogP contribution in [0.3, 0.4) is 0 Å². The third kappa shape index (κ3) is 2.70. The van der Waals surface area contributed by atoms with Crippen LogP contribution in [0.15, 0.2) is 12.1 Å². The summed E-state index contributed by atoms with van der Waals surface area (Å²) in [5, 5.41) is 7.80. The second-order valence-electron chi connectivity index (χ2n) is 6.29. The SMILES string of the molecule is O=C1CCN(N2Cc3cc(N4CCNCC4)cc(F)c3C2=O)C(=O)N1. The van der Waals surface area contributed by atoms with Gasteiger partial charge in [0.25, 0.3) is 5.91 Å². The lowest BCUT2D eigenvalue weighted by Crippen LogP contribution is -2.56. The summed E-state index contributed by atoms with van der Waals surface area (Å²) in [7, 11) is 0. The maximum Gasteiger partial charge on any atom is 0.342 e. The number of imide groups is 1.